The van der Waals surface area contributed by atoms with E-state index in [9.17, 15) is 0 Å². The Hall–Kier alpha value is -0.260. The lowest BCUT2D eigenvalue weighted by Crippen LogP contribution is -1.99. The molecule has 46 valence electrons. The van der Waals surface area contributed by atoms with Crippen molar-refractivity contribution in [3.8, 4) is 0 Å². The van der Waals surface area contributed by atoms with Crippen LogP contribution in [-0.4, -0.2) is 0 Å². The number of hydrogen-bond donors (Lipinski definition) is 0. The van der Waals surface area contributed by atoms with Gasteiger partial charge in [-0.3, -0.25) is 0 Å². The molecule has 0 aromatic heterocycles. The standard InChI is InChI=1S/C8H14/c1-7-4-3-5-8(2)6-7/h4,8H,3,5-6H2,1-2H3. The predicted molar refractivity (Wildman–Crippen MR) is 36.8 cm³/mol. The summed E-state index contributed by atoms with van der Waals surface area (Å²) in [5, 5.41) is 0. The van der Waals surface area contributed by atoms with Crippen LogP contribution < -0.4 is 0 Å². The first-order chi connectivity index (χ1) is 3.79. The zero-order valence-corrected chi connectivity index (χ0v) is 5.78. The molecule has 0 spiro atoms. The Morgan fingerprint density at radius 2 is 2.38 bits per heavy atom. The van der Waals surface area contributed by atoms with Crippen LogP contribution in [0, 0.1) is 5.92 Å². The minimum atomic E-state index is 0.944. The van der Waals surface area contributed by atoms with Crippen LogP contribution in [0.25, 0.3) is 0 Å². The molecule has 0 aromatic rings. The van der Waals surface area contributed by atoms with Crippen molar-refractivity contribution in [2.24, 2.45) is 5.92 Å². The molecule has 0 amide bonds. The third kappa shape index (κ3) is 1.36. The fraction of sp³-hybridized carbons (Fsp3) is 0.750. The van der Waals surface area contributed by atoms with Gasteiger partial charge in [-0.25, -0.2) is 0 Å². The molecule has 0 heteroatoms. The summed E-state index contributed by atoms with van der Waals surface area (Å²) >= 11 is 0. The molecule has 1 aliphatic carbocycles. The first-order valence-corrected chi connectivity index (χ1v) is 3.44. The van der Waals surface area contributed by atoms with E-state index in [1.165, 1.54) is 19.3 Å². The van der Waals surface area contributed by atoms with Crippen LogP contribution >= 0.6 is 0 Å². The van der Waals surface area contributed by atoms with Crippen LogP contribution in [0.2, 0.25) is 0 Å². The summed E-state index contributed by atoms with van der Waals surface area (Å²) in [5.41, 5.74) is 1.59. The van der Waals surface area contributed by atoms with Crippen LogP contribution in [0.4, 0.5) is 0 Å². The maximum Gasteiger partial charge on any atom is -0.0297 e. The molecule has 0 saturated carbocycles. The second kappa shape index (κ2) is 2.34. The van der Waals surface area contributed by atoms with Crippen molar-refractivity contribution in [1.29, 1.82) is 0 Å². The zero-order chi connectivity index (χ0) is 5.98. The molecule has 0 aliphatic heterocycles. The van der Waals surface area contributed by atoms with E-state index < -0.39 is 0 Å². The second-order valence-electron chi connectivity index (χ2n) is 2.94. The normalized spacial score (nSPS) is 29.8. The molecule has 0 bridgehead atoms. The van der Waals surface area contributed by atoms with E-state index in [1.54, 1.807) is 5.57 Å². The molecule has 0 radical (unpaired) electrons. The van der Waals surface area contributed by atoms with Gasteiger partial charge in [-0.05, 0) is 32.1 Å². The van der Waals surface area contributed by atoms with Crippen LogP contribution in [0.3, 0.4) is 0 Å². The minimum Gasteiger partial charge on any atom is -0.0856 e. The Labute approximate surface area is 51.6 Å². The Balaban J connectivity index is 2.45. The average Bonchev–Trinajstić information content (AvgIpc) is 1.64. The monoisotopic (exact) mass is 110 g/mol. The van der Waals surface area contributed by atoms with E-state index in [0.717, 1.165) is 5.92 Å². The molecular formula is C8H14. The van der Waals surface area contributed by atoms with Gasteiger partial charge in [-0.1, -0.05) is 18.6 Å². The van der Waals surface area contributed by atoms with Crippen LogP contribution in [0.5, 0.6) is 0 Å². The molecule has 1 rings (SSSR count). The van der Waals surface area contributed by atoms with Crippen molar-refractivity contribution in [3.05, 3.63) is 11.6 Å². The lowest BCUT2D eigenvalue weighted by atomic mass is 9.91. The lowest BCUT2D eigenvalue weighted by molar-refractivity contribution is 0.510. The third-order valence-corrected chi connectivity index (χ3v) is 1.82. The molecule has 1 unspecified atom stereocenters. The van der Waals surface area contributed by atoms with Gasteiger partial charge in [0.15, 0.2) is 0 Å². The second-order valence-corrected chi connectivity index (χ2v) is 2.94. The van der Waals surface area contributed by atoms with Crippen molar-refractivity contribution in [2.75, 3.05) is 0 Å². The lowest BCUT2D eigenvalue weighted by Gasteiger charge is -2.15. The molecule has 8 heavy (non-hydrogen) atoms. The first-order valence-electron chi connectivity index (χ1n) is 3.44. The molecule has 0 heterocycles. The molecular weight excluding hydrogens is 96.1 g/mol. The zero-order valence-electron chi connectivity index (χ0n) is 5.78. The first kappa shape index (κ1) is 5.87. The highest BCUT2D eigenvalue weighted by Crippen LogP contribution is 2.22. The summed E-state index contributed by atoms with van der Waals surface area (Å²) in [5.74, 6) is 0.944. The summed E-state index contributed by atoms with van der Waals surface area (Å²) in [6, 6.07) is 0. The van der Waals surface area contributed by atoms with Crippen LogP contribution in [-0.2, 0) is 0 Å². The third-order valence-electron chi connectivity index (χ3n) is 1.82. The Morgan fingerprint density at radius 3 is 2.75 bits per heavy atom. The van der Waals surface area contributed by atoms with Crippen LogP contribution in [0.15, 0.2) is 11.6 Å². The smallest absolute Gasteiger partial charge is 0.0297 e. The topological polar surface area (TPSA) is 0 Å². The highest BCUT2D eigenvalue weighted by Gasteiger charge is 2.05. The maximum absolute atomic E-state index is 2.36. The van der Waals surface area contributed by atoms with Gasteiger partial charge < -0.3 is 0 Å². The van der Waals surface area contributed by atoms with Gasteiger partial charge in [0, 0.05) is 0 Å². The average molecular weight is 110 g/mol. The van der Waals surface area contributed by atoms with Gasteiger partial charge in [0.2, 0.25) is 0 Å². The van der Waals surface area contributed by atoms with Crippen molar-refractivity contribution in [1.82, 2.24) is 0 Å². The minimum absolute atomic E-state index is 0.944. The van der Waals surface area contributed by atoms with Gasteiger partial charge in [-0.2, -0.15) is 0 Å². The molecule has 0 fully saturated rings. The fourth-order valence-corrected chi connectivity index (χ4v) is 1.35. The SMILES string of the molecule is CC1=CCCC(C)C1. The van der Waals surface area contributed by atoms with E-state index >= 15 is 0 Å². The Bertz CT molecular complexity index is 101. The molecule has 0 aromatic carbocycles. The number of allylic oxidation sites excluding steroid dienone is 2. The Morgan fingerprint density at radius 1 is 1.62 bits per heavy atom. The summed E-state index contributed by atoms with van der Waals surface area (Å²) in [4.78, 5) is 0. The largest absolute Gasteiger partial charge is 0.0856 e. The molecule has 1 atom stereocenters. The Kier molecular flexibility index (Phi) is 1.72. The van der Waals surface area contributed by atoms with Crippen LogP contribution in [0.1, 0.15) is 33.1 Å². The molecule has 0 nitrogen and oxygen atoms in total. The van der Waals surface area contributed by atoms with E-state index in [2.05, 4.69) is 19.9 Å². The van der Waals surface area contributed by atoms with Gasteiger partial charge in [0.25, 0.3) is 0 Å². The summed E-state index contributed by atoms with van der Waals surface area (Å²) in [6.07, 6.45) is 6.41. The molecule has 0 saturated heterocycles. The van der Waals surface area contributed by atoms with E-state index in [1.807, 2.05) is 0 Å². The quantitative estimate of drug-likeness (QED) is 0.420. The summed E-state index contributed by atoms with van der Waals surface area (Å²) < 4.78 is 0. The van der Waals surface area contributed by atoms with E-state index in [4.69, 9.17) is 0 Å². The molecule has 1 aliphatic rings. The number of hydrogen-bond acceptors (Lipinski definition) is 0. The van der Waals surface area contributed by atoms with E-state index in [0.29, 0.717) is 0 Å². The number of rotatable bonds is 0. The van der Waals surface area contributed by atoms with Gasteiger partial charge >= 0.3 is 0 Å². The highest BCUT2D eigenvalue weighted by atomic mass is 14.1. The summed E-state index contributed by atoms with van der Waals surface area (Å²) in [7, 11) is 0. The van der Waals surface area contributed by atoms with Gasteiger partial charge in [-0.15, -0.1) is 0 Å². The maximum atomic E-state index is 2.36. The molecule has 0 N–H and O–H groups in total. The van der Waals surface area contributed by atoms with E-state index in [-0.39, 0.29) is 0 Å². The van der Waals surface area contributed by atoms with Crippen molar-refractivity contribution < 1.29 is 0 Å². The van der Waals surface area contributed by atoms with Crippen molar-refractivity contribution in [2.45, 2.75) is 33.1 Å². The van der Waals surface area contributed by atoms with Gasteiger partial charge in [0.1, 0.15) is 0 Å². The fourth-order valence-electron chi connectivity index (χ4n) is 1.35. The summed E-state index contributed by atoms with van der Waals surface area (Å²) in [6.45, 7) is 4.56. The van der Waals surface area contributed by atoms with Crippen molar-refractivity contribution in [3.63, 3.8) is 0 Å². The predicted octanol–water partition coefficient (Wildman–Crippen LogP) is 2.75. The highest BCUT2D eigenvalue weighted by molar-refractivity contribution is 5.02. The van der Waals surface area contributed by atoms with Gasteiger partial charge in [0.05, 0.1) is 0 Å². The van der Waals surface area contributed by atoms with Crippen molar-refractivity contribution >= 4 is 0 Å².